The number of hydrogen-bond acceptors (Lipinski definition) is 7. The molecule has 3 aromatic heterocycles. The summed E-state index contributed by atoms with van der Waals surface area (Å²) >= 11 is 1.66. The number of rotatable bonds is 4. The molecule has 0 amide bonds. The molecule has 7 heteroatoms. The summed E-state index contributed by atoms with van der Waals surface area (Å²) < 4.78 is 1.06. The molecule has 3 aromatic rings. The van der Waals surface area contributed by atoms with Crippen LogP contribution in [0.1, 0.15) is 18.4 Å². The Morgan fingerprint density at radius 2 is 2.13 bits per heavy atom. The first-order valence-corrected chi connectivity index (χ1v) is 8.83. The smallest absolute Gasteiger partial charge is 0.147 e. The zero-order valence-corrected chi connectivity index (χ0v) is 14.0. The zero-order chi connectivity index (χ0) is 15.8. The van der Waals surface area contributed by atoms with Gasteiger partial charge < -0.3 is 16.0 Å². The molecule has 1 aliphatic rings. The molecule has 3 N–H and O–H groups in total. The minimum absolute atomic E-state index is 0.576. The molecule has 0 unspecified atom stereocenters. The monoisotopic (exact) mass is 328 g/mol. The number of aryl methyl sites for hydroxylation is 1. The first kappa shape index (κ1) is 14.6. The van der Waals surface area contributed by atoms with E-state index < -0.39 is 0 Å². The fraction of sp³-hybridized carbons (Fsp3) is 0.438. The van der Waals surface area contributed by atoms with Crippen LogP contribution in [0.25, 0.3) is 20.4 Å². The maximum Gasteiger partial charge on any atom is 0.147 e. The quantitative estimate of drug-likeness (QED) is 0.766. The molecule has 0 radical (unpaired) electrons. The van der Waals surface area contributed by atoms with Crippen molar-refractivity contribution in [3.63, 3.8) is 0 Å². The summed E-state index contributed by atoms with van der Waals surface area (Å²) in [6.45, 7) is 5.63. The van der Waals surface area contributed by atoms with E-state index >= 15 is 0 Å². The molecular formula is C16H20N6S. The lowest BCUT2D eigenvalue weighted by Gasteiger charge is -2.16. The number of anilines is 2. The van der Waals surface area contributed by atoms with Gasteiger partial charge in [-0.2, -0.15) is 0 Å². The third-order valence-corrected chi connectivity index (χ3v) is 5.36. The molecule has 0 spiro atoms. The molecule has 0 bridgehead atoms. The van der Waals surface area contributed by atoms with Crippen molar-refractivity contribution in [2.45, 2.75) is 19.8 Å². The van der Waals surface area contributed by atoms with Crippen LogP contribution < -0.4 is 16.0 Å². The number of nitrogens with zero attached hydrogens (tertiary/aromatic N) is 4. The molecule has 0 aliphatic carbocycles. The number of fused-ring (bicyclic) bond motifs is 3. The summed E-state index contributed by atoms with van der Waals surface area (Å²) in [4.78, 5) is 17.2. The second-order valence-corrected chi connectivity index (χ2v) is 6.89. The van der Waals surface area contributed by atoms with Crippen LogP contribution in [0.4, 0.5) is 11.6 Å². The highest BCUT2D eigenvalue weighted by Crippen LogP contribution is 2.38. The molecule has 0 saturated carbocycles. The van der Waals surface area contributed by atoms with Crippen molar-refractivity contribution in [3.8, 4) is 0 Å². The van der Waals surface area contributed by atoms with E-state index in [0.717, 1.165) is 45.2 Å². The van der Waals surface area contributed by atoms with Crippen LogP contribution in [-0.4, -0.2) is 41.1 Å². The van der Waals surface area contributed by atoms with Crippen molar-refractivity contribution < 1.29 is 0 Å². The van der Waals surface area contributed by atoms with Gasteiger partial charge in [-0.3, -0.25) is 0 Å². The molecule has 4 heterocycles. The van der Waals surface area contributed by atoms with Gasteiger partial charge in [0.1, 0.15) is 22.8 Å². The summed E-state index contributed by atoms with van der Waals surface area (Å²) in [5, 5.41) is 4.43. The van der Waals surface area contributed by atoms with E-state index in [4.69, 9.17) is 10.7 Å². The Labute approximate surface area is 138 Å². The molecule has 23 heavy (non-hydrogen) atoms. The van der Waals surface area contributed by atoms with E-state index in [-0.39, 0.29) is 0 Å². The lowest BCUT2D eigenvalue weighted by molar-refractivity contribution is 0.943. The van der Waals surface area contributed by atoms with Gasteiger partial charge in [0, 0.05) is 31.6 Å². The van der Waals surface area contributed by atoms with Gasteiger partial charge in [-0.1, -0.05) is 0 Å². The average molecular weight is 328 g/mol. The molecule has 120 valence electrons. The Balaban J connectivity index is 1.88. The second kappa shape index (κ2) is 5.90. The number of aromatic nitrogens is 3. The van der Waals surface area contributed by atoms with E-state index in [1.165, 1.54) is 18.4 Å². The van der Waals surface area contributed by atoms with Crippen molar-refractivity contribution in [2.24, 2.45) is 5.73 Å². The Kier molecular flexibility index (Phi) is 3.74. The molecule has 1 fully saturated rings. The number of hydrogen-bond donors (Lipinski definition) is 2. The topological polar surface area (TPSA) is 80.0 Å². The predicted molar refractivity (Wildman–Crippen MR) is 96.4 cm³/mol. The fourth-order valence-electron chi connectivity index (χ4n) is 3.16. The predicted octanol–water partition coefficient (Wildman–Crippen LogP) is 2.52. The van der Waals surface area contributed by atoms with Crippen LogP contribution in [-0.2, 0) is 0 Å². The van der Waals surface area contributed by atoms with Crippen molar-refractivity contribution in [1.29, 1.82) is 0 Å². The van der Waals surface area contributed by atoms with Crippen LogP contribution >= 0.6 is 11.3 Å². The van der Waals surface area contributed by atoms with E-state index in [9.17, 15) is 0 Å². The fourth-order valence-corrected chi connectivity index (χ4v) is 4.32. The summed E-state index contributed by atoms with van der Waals surface area (Å²) in [5.74, 6) is 1.94. The normalized spacial score (nSPS) is 15.0. The summed E-state index contributed by atoms with van der Waals surface area (Å²) in [7, 11) is 0. The molecule has 6 nitrogen and oxygen atoms in total. The highest BCUT2D eigenvalue weighted by Gasteiger charge is 2.18. The molecule has 0 aromatic carbocycles. The van der Waals surface area contributed by atoms with Gasteiger partial charge in [-0.25, -0.2) is 15.0 Å². The van der Waals surface area contributed by atoms with Gasteiger partial charge in [-0.15, -0.1) is 11.3 Å². The van der Waals surface area contributed by atoms with Crippen LogP contribution in [0.15, 0.2) is 12.4 Å². The van der Waals surface area contributed by atoms with E-state index in [1.54, 1.807) is 17.7 Å². The molecular weight excluding hydrogens is 308 g/mol. The van der Waals surface area contributed by atoms with Crippen molar-refractivity contribution >= 4 is 43.4 Å². The summed E-state index contributed by atoms with van der Waals surface area (Å²) in [6, 6.07) is 2.19. The maximum atomic E-state index is 5.59. The zero-order valence-electron chi connectivity index (χ0n) is 13.2. The number of nitrogens with one attached hydrogen (secondary N) is 1. The number of nitrogens with two attached hydrogens (primary N) is 1. The first-order valence-electron chi connectivity index (χ1n) is 8.01. The Hall–Kier alpha value is -1.99. The minimum atomic E-state index is 0.576. The van der Waals surface area contributed by atoms with Crippen LogP contribution in [0.3, 0.4) is 0 Å². The first-order chi connectivity index (χ1) is 11.3. The molecule has 1 aliphatic heterocycles. The largest absolute Gasteiger partial charge is 0.368 e. The van der Waals surface area contributed by atoms with E-state index in [1.807, 2.05) is 0 Å². The Morgan fingerprint density at radius 3 is 2.91 bits per heavy atom. The third-order valence-electron chi connectivity index (χ3n) is 4.28. The summed E-state index contributed by atoms with van der Waals surface area (Å²) in [6.07, 6.45) is 4.12. The summed E-state index contributed by atoms with van der Waals surface area (Å²) in [5.41, 5.74) is 7.80. The second-order valence-electron chi connectivity index (χ2n) is 5.89. The maximum absolute atomic E-state index is 5.59. The van der Waals surface area contributed by atoms with Crippen molar-refractivity contribution in [3.05, 3.63) is 18.0 Å². The average Bonchev–Trinajstić information content (AvgIpc) is 3.20. The van der Waals surface area contributed by atoms with Gasteiger partial charge in [0.15, 0.2) is 0 Å². The lowest BCUT2D eigenvalue weighted by atomic mass is 10.2. The molecule has 0 atom stereocenters. The molecule has 1 saturated heterocycles. The Morgan fingerprint density at radius 1 is 1.30 bits per heavy atom. The van der Waals surface area contributed by atoms with Gasteiger partial charge in [0.2, 0.25) is 0 Å². The number of pyridine rings is 1. The van der Waals surface area contributed by atoms with Crippen molar-refractivity contribution in [1.82, 2.24) is 15.0 Å². The molecule has 4 rings (SSSR count). The van der Waals surface area contributed by atoms with Gasteiger partial charge in [0.05, 0.1) is 10.2 Å². The highest BCUT2D eigenvalue weighted by atomic mass is 32.1. The van der Waals surface area contributed by atoms with Crippen LogP contribution in [0.5, 0.6) is 0 Å². The van der Waals surface area contributed by atoms with Gasteiger partial charge in [-0.05, 0) is 31.4 Å². The van der Waals surface area contributed by atoms with E-state index in [0.29, 0.717) is 13.1 Å². The third kappa shape index (κ3) is 2.49. The van der Waals surface area contributed by atoms with Gasteiger partial charge >= 0.3 is 0 Å². The van der Waals surface area contributed by atoms with Gasteiger partial charge in [0.25, 0.3) is 0 Å². The Bertz CT molecular complexity index is 853. The lowest BCUT2D eigenvalue weighted by Crippen LogP contribution is -2.18. The van der Waals surface area contributed by atoms with E-state index in [2.05, 4.69) is 33.2 Å². The van der Waals surface area contributed by atoms with Crippen molar-refractivity contribution in [2.75, 3.05) is 36.4 Å². The van der Waals surface area contributed by atoms with Crippen LogP contribution in [0.2, 0.25) is 0 Å². The highest BCUT2D eigenvalue weighted by molar-refractivity contribution is 7.26. The minimum Gasteiger partial charge on any atom is -0.368 e. The number of thiophene rings is 1. The SMILES string of the molecule is Cc1cc(N2CCCC2)nc2sc3c(NCCN)ncnc3c12. The standard InChI is InChI=1S/C16H20N6S/c1-10-8-11(22-6-2-3-7-22)21-16-12(10)13-14(23-16)15(18-5-4-17)20-9-19-13/h8-9H,2-7,17H2,1H3,(H,18,19,20). The van der Waals surface area contributed by atoms with Crippen LogP contribution in [0, 0.1) is 6.92 Å².